The topological polar surface area (TPSA) is 48.4 Å². The Morgan fingerprint density at radius 2 is 2.40 bits per heavy atom. The Morgan fingerprint density at radius 3 is 3.20 bits per heavy atom. The van der Waals surface area contributed by atoms with Crippen LogP contribution in [0.25, 0.3) is 11.3 Å². The summed E-state index contributed by atoms with van der Waals surface area (Å²) in [5.74, 6) is -0.207. The van der Waals surface area contributed by atoms with E-state index in [9.17, 15) is 9.18 Å². The van der Waals surface area contributed by atoms with Gasteiger partial charge < -0.3 is 9.47 Å². The van der Waals surface area contributed by atoms with Gasteiger partial charge >= 0.3 is 5.97 Å². The highest BCUT2D eigenvalue weighted by molar-refractivity contribution is 7.14. The Balaban J connectivity index is 2.09. The minimum atomic E-state index is -0.440. The minimum Gasteiger partial charge on any atom is -0.493 e. The van der Waals surface area contributed by atoms with E-state index in [2.05, 4.69) is 4.98 Å². The summed E-state index contributed by atoms with van der Waals surface area (Å²) in [4.78, 5) is 17.0. The van der Waals surface area contributed by atoms with E-state index in [4.69, 9.17) is 9.47 Å². The molecular formula is C14H12FNO3S. The van der Waals surface area contributed by atoms with E-state index in [-0.39, 0.29) is 5.82 Å². The van der Waals surface area contributed by atoms with E-state index >= 15 is 0 Å². The second-order valence-electron chi connectivity index (χ2n) is 4.25. The maximum Gasteiger partial charge on any atom is 0.367 e. The van der Waals surface area contributed by atoms with Crippen molar-refractivity contribution in [3.63, 3.8) is 0 Å². The first-order valence-corrected chi connectivity index (χ1v) is 7.10. The van der Waals surface area contributed by atoms with Gasteiger partial charge in [0.1, 0.15) is 11.6 Å². The second-order valence-corrected chi connectivity index (χ2v) is 5.33. The van der Waals surface area contributed by atoms with Crippen molar-refractivity contribution in [3.05, 3.63) is 33.9 Å². The van der Waals surface area contributed by atoms with Crippen LogP contribution in [0.15, 0.2) is 18.2 Å². The summed E-state index contributed by atoms with van der Waals surface area (Å²) < 4.78 is 24.0. The van der Waals surface area contributed by atoms with Crippen LogP contribution in [0.4, 0.5) is 4.39 Å². The molecule has 0 aliphatic carbocycles. The number of ether oxygens (including phenoxy) is 2. The number of hydrogen-bond donors (Lipinski definition) is 0. The van der Waals surface area contributed by atoms with Crippen molar-refractivity contribution >= 4 is 17.3 Å². The molecule has 1 aromatic carbocycles. The van der Waals surface area contributed by atoms with E-state index in [0.717, 1.165) is 4.88 Å². The number of rotatable bonds is 2. The number of hydrogen-bond acceptors (Lipinski definition) is 5. The number of thiazole rings is 1. The van der Waals surface area contributed by atoms with E-state index in [1.807, 2.05) is 0 Å². The van der Waals surface area contributed by atoms with Gasteiger partial charge in [-0.25, -0.2) is 14.2 Å². The van der Waals surface area contributed by atoms with Crippen LogP contribution in [-0.4, -0.2) is 24.2 Å². The Hall–Kier alpha value is -1.95. The monoisotopic (exact) mass is 293 g/mol. The smallest absolute Gasteiger partial charge is 0.367 e. The van der Waals surface area contributed by atoms with Gasteiger partial charge in [0.05, 0.1) is 18.9 Å². The average Bonchev–Trinajstić information content (AvgIpc) is 2.78. The molecule has 0 saturated heterocycles. The summed E-state index contributed by atoms with van der Waals surface area (Å²) >= 11 is 1.28. The maximum absolute atomic E-state index is 13.4. The fourth-order valence-electron chi connectivity index (χ4n) is 2.08. The van der Waals surface area contributed by atoms with Gasteiger partial charge in [0.15, 0.2) is 0 Å². The van der Waals surface area contributed by atoms with Crippen LogP contribution in [-0.2, 0) is 11.2 Å². The number of aromatic nitrogens is 1. The molecule has 4 nitrogen and oxygen atoms in total. The largest absolute Gasteiger partial charge is 0.493 e. The Labute approximate surface area is 119 Å². The molecule has 0 saturated carbocycles. The van der Waals surface area contributed by atoms with Gasteiger partial charge in [-0.05, 0) is 25.1 Å². The average molecular weight is 293 g/mol. The van der Waals surface area contributed by atoms with E-state index in [1.54, 1.807) is 13.0 Å². The molecule has 0 bridgehead atoms. The van der Waals surface area contributed by atoms with Gasteiger partial charge in [0.25, 0.3) is 0 Å². The second kappa shape index (κ2) is 5.20. The fraction of sp³-hybridized carbons (Fsp3) is 0.286. The molecule has 104 valence electrons. The molecule has 0 amide bonds. The lowest BCUT2D eigenvalue weighted by atomic mass is 10.1. The van der Waals surface area contributed by atoms with Crippen molar-refractivity contribution < 1.29 is 18.7 Å². The van der Waals surface area contributed by atoms with Crippen LogP contribution in [0.5, 0.6) is 5.75 Å². The lowest BCUT2D eigenvalue weighted by Crippen LogP contribution is -2.04. The molecule has 1 aromatic heterocycles. The number of carbonyl (C=O) groups is 1. The Bertz CT molecular complexity index is 668. The molecule has 3 rings (SSSR count). The predicted molar refractivity (Wildman–Crippen MR) is 72.7 cm³/mol. The standard InChI is InChI=1S/C14H12FNO3S/c1-2-18-14(17)13-16-12-9-7-8(15)3-4-10(9)19-6-5-11(12)20-13/h3-4,7H,2,5-6H2,1H3. The molecule has 0 unspecified atom stereocenters. The van der Waals surface area contributed by atoms with Crippen LogP contribution in [0.3, 0.4) is 0 Å². The van der Waals surface area contributed by atoms with E-state index in [0.29, 0.717) is 41.6 Å². The lowest BCUT2D eigenvalue weighted by Gasteiger charge is -2.06. The van der Waals surface area contributed by atoms with Crippen molar-refractivity contribution in [3.8, 4) is 17.0 Å². The first-order chi connectivity index (χ1) is 9.69. The molecule has 20 heavy (non-hydrogen) atoms. The highest BCUT2D eigenvalue weighted by Crippen LogP contribution is 2.37. The zero-order valence-electron chi connectivity index (χ0n) is 10.8. The molecule has 0 spiro atoms. The summed E-state index contributed by atoms with van der Waals surface area (Å²) in [6.07, 6.45) is 0.642. The highest BCUT2D eigenvalue weighted by Gasteiger charge is 2.23. The molecule has 1 aliphatic heterocycles. The van der Waals surface area contributed by atoms with Gasteiger partial charge in [0, 0.05) is 16.9 Å². The van der Waals surface area contributed by atoms with Crippen molar-refractivity contribution in [2.75, 3.05) is 13.2 Å². The third-order valence-electron chi connectivity index (χ3n) is 2.93. The third kappa shape index (κ3) is 2.27. The van der Waals surface area contributed by atoms with Crippen LogP contribution in [0.2, 0.25) is 0 Å². The molecule has 6 heteroatoms. The number of halogens is 1. The van der Waals surface area contributed by atoms with Gasteiger partial charge in [-0.2, -0.15) is 0 Å². The lowest BCUT2D eigenvalue weighted by molar-refractivity contribution is 0.0526. The first kappa shape index (κ1) is 13.1. The number of fused-ring (bicyclic) bond motifs is 3. The maximum atomic E-state index is 13.4. The minimum absolute atomic E-state index is 0.300. The van der Waals surface area contributed by atoms with Crippen LogP contribution in [0, 0.1) is 5.82 Å². The summed E-state index contributed by atoms with van der Waals surface area (Å²) in [5, 5.41) is 0.300. The van der Waals surface area contributed by atoms with Gasteiger partial charge in [0.2, 0.25) is 5.01 Å². The first-order valence-electron chi connectivity index (χ1n) is 6.28. The van der Waals surface area contributed by atoms with Crippen molar-refractivity contribution in [2.45, 2.75) is 13.3 Å². The van der Waals surface area contributed by atoms with Gasteiger partial charge in [-0.3, -0.25) is 0 Å². The molecule has 0 N–H and O–H groups in total. The van der Waals surface area contributed by atoms with Crippen LogP contribution in [0.1, 0.15) is 21.6 Å². The number of benzene rings is 1. The van der Waals surface area contributed by atoms with Crippen molar-refractivity contribution in [2.24, 2.45) is 0 Å². The summed E-state index contributed by atoms with van der Waals surface area (Å²) in [7, 11) is 0. The molecule has 0 radical (unpaired) electrons. The quantitative estimate of drug-likeness (QED) is 0.798. The molecule has 2 heterocycles. The van der Waals surface area contributed by atoms with Crippen LogP contribution < -0.4 is 4.74 Å². The number of nitrogens with zero attached hydrogens (tertiary/aromatic N) is 1. The molecule has 1 aliphatic rings. The van der Waals surface area contributed by atoms with Crippen molar-refractivity contribution in [1.29, 1.82) is 0 Å². The number of esters is 1. The highest BCUT2D eigenvalue weighted by atomic mass is 32.1. The molecule has 0 fully saturated rings. The molecule has 0 atom stereocenters. The SMILES string of the molecule is CCOC(=O)c1nc2c(s1)CCOc1ccc(F)cc1-2. The Kier molecular flexibility index (Phi) is 3.40. The zero-order chi connectivity index (χ0) is 14.1. The summed E-state index contributed by atoms with van der Waals surface area (Å²) in [6.45, 7) is 2.53. The summed E-state index contributed by atoms with van der Waals surface area (Å²) in [6, 6.07) is 4.32. The van der Waals surface area contributed by atoms with Gasteiger partial charge in [-0.1, -0.05) is 0 Å². The van der Waals surface area contributed by atoms with Crippen molar-refractivity contribution in [1.82, 2.24) is 4.98 Å². The summed E-state index contributed by atoms with van der Waals surface area (Å²) in [5.41, 5.74) is 1.20. The van der Waals surface area contributed by atoms with E-state index < -0.39 is 5.97 Å². The number of carbonyl (C=O) groups excluding carboxylic acids is 1. The van der Waals surface area contributed by atoms with E-state index in [1.165, 1.54) is 23.5 Å². The fourth-order valence-corrected chi connectivity index (χ4v) is 3.03. The Morgan fingerprint density at radius 1 is 1.55 bits per heavy atom. The normalized spacial score (nSPS) is 12.9. The molecular weight excluding hydrogens is 281 g/mol. The zero-order valence-corrected chi connectivity index (χ0v) is 11.6. The van der Waals surface area contributed by atoms with Crippen LogP contribution >= 0.6 is 11.3 Å². The predicted octanol–water partition coefficient (Wildman–Crippen LogP) is 3.06. The molecule has 2 aromatic rings. The third-order valence-corrected chi connectivity index (χ3v) is 4.03. The van der Waals surface area contributed by atoms with Gasteiger partial charge in [-0.15, -0.1) is 11.3 Å².